The lowest BCUT2D eigenvalue weighted by Gasteiger charge is -2.14. The Bertz CT molecular complexity index is 372. The average molecular weight is 259 g/mol. The predicted molar refractivity (Wildman–Crippen MR) is 67.2 cm³/mol. The second-order valence-corrected chi connectivity index (χ2v) is 5.13. The van der Waals surface area contributed by atoms with Crippen molar-refractivity contribution in [2.45, 2.75) is 45.3 Å². The van der Waals surface area contributed by atoms with Crippen molar-refractivity contribution < 1.29 is 13.2 Å². The fourth-order valence-electron chi connectivity index (χ4n) is 1.83. The Labute approximate surface area is 106 Å². The highest BCUT2D eigenvalue weighted by atomic mass is 19.4. The van der Waals surface area contributed by atoms with E-state index in [-0.39, 0.29) is 6.04 Å². The zero-order valence-corrected chi connectivity index (χ0v) is 10.8. The summed E-state index contributed by atoms with van der Waals surface area (Å²) in [4.78, 5) is 0. The molecule has 0 saturated carbocycles. The summed E-state index contributed by atoms with van der Waals surface area (Å²) in [5.74, 6) is 0.567. The molecule has 18 heavy (non-hydrogen) atoms. The van der Waals surface area contributed by atoms with E-state index in [0.29, 0.717) is 17.9 Å². The molecule has 0 aliphatic carbocycles. The van der Waals surface area contributed by atoms with Gasteiger partial charge >= 0.3 is 6.18 Å². The second kappa shape index (κ2) is 6.23. The zero-order chi connectivity index (χ0) is 13.8. The van der Waals surface area contributed by atoms with E-state index in [1.165, 1.54) is 12.1 Å². The molecule has 0 heterocycles. The molecule has 4 heteroatoms. The molecule has 1 rings (SSSR count). The lowest BCUT2D eigenvalue weighted by Crippen LogP contribution is -2.23. The van der Waals surface area contributed by atoms with Crippen LogP contribution in [0.2, 0.25) is 0 Å². The van der Waals surface area contributed by atoms with Crippen molar-refractivity contribution in [3.8, 4) is 0 Å². The first-order valence-electron chi connectivity index (χ1n) is 6.20. The first kappa shape index (κ1) is 15.0. The van der Waals surface area contributed by atoms with Crippen molar-refractivity contribution in [2.24, 2.45) is 11.7 Å². The number of halogens is 3. The molecule has 0 aliphatic rings. The summed E-state index contributed by atoms with van der Waals surface area (Å²) in [7, 11) is 0. The van der Waals surface area contributed by atoms with Crippen molar-refractivity contribution in [1.82, 2.24) is 0 Å². The van der Waals surface area contributed by atoms with Gasteiger partial charge in [0.05, 0.1) is 5.56 Å². The van der Waals surface area contributed by atoms with Gasteiger partial charge in [0.1, 0.15) is 0 Å². The predicted octanol–water partition coefficient (Wildman–Crippen LogP) is 4.01. The van der Waals surface area contributed by atoms with Crippen LogP contribution in [0.4, 0.5) is 13.2 Å². The van der Waals surface area contributed by atoms with E-state index in [2.05, 4.69) is 13.8 Å². The van der Waals surface area contributed by atoms with E-state index in [1.807, 2.05) is 0 Å². The molecule has 0 radical (unpaired) electrons. The van der Waals surface area contributed by atoms with Crippen LogP contribution in [0.1, 0.15) is 37.8 Å². The largest absolute Gasteiger partial charge is 0.416 e. The molecule has 1 aromatic rings. The molecule has 0 bridgehead atoms. The van der Waals surface area contributed by atoms with Crippen molar-refractivity contribution in [3.05, 3.63) is 35.4 Å². The number of nitrogens with two attached hydrogens (primary N) is 1. The molecule has 0 aliphatic heterocycles. The number of rotatable bonds is 5. The van der Waals surface area contributed by atoms with Crippen LogP contribution in [0.25, 0.3) is 0 Å². The molecule has 0 spiro atoms. The minimum Gasteiger partial charge on any atom is -0.327 e. The number of alkyl halides is 3. The van der Waals surface area contributed by atoms with Gasteiger partial charge in [0.2, 0.25) is 0 Å². The van der Waals surface area contributed by atoms with Crippen LogP contribution in [-0.4, -0.2) is 6.04 Å². The highest BCUT2D eigenvalue weighted by Gasteiger charge is 2.30. The topological polar surface area (TPSA) is 26.0 Å². The number of benzene rings is 1. The van der Waals surface area contributed by atoms with Crippen LogP contribution in [0.5, 0.6) is 0 Å². The maximum atomic E-state index is 12.5. The summed E-state index contributed by atoms with van der Waals surface area (Å²) in [5.41, 5.74) is 5.98. The van der Waals surface area contributed by atoms with Crippen molar-refractivity contribution in [2.75, 3.05) is 0 Å². The molecule has 102 valence electrons. The molecule has 0 aromatic heterocycles. The maximum absolute atomic E-state index is 12.5. The van der Waals surface area contributed by atoms with Crippen molar-refractivity contribution in [1.29, 1.82) is 0 Å². The molecule has 1 nitrogen and oxygen atoms in total. The number of hydrogen-bond donors (Lipinski definition) is 1. The zero-order valence-electron chi connectivity index (χ0n) is 10.8. The average Bonchev–Trinajstić information content (AvgIpc) is 2.25. The van der Waals surface area contributed by atoms with Crippen molar-refractivity contribution >= 4 is 0 Å². The molecular weight excluding hydrogens is 239 g/mol. The van der Waals surface area contributed by atoms with Gasteiger partial charge in [-0.25, -0.2) is 0 Å². The van der Waals surface area contributed by atoms with Crippen LogP contribution in [0.3, 0.4) is 0 Å². The third kappa shape index (κ3) is 5.08. The van der Waals surface area contributed by atoms with Gasteiger partial charge in [0.15, 0.2) is 0 Å². The van der Waals surface area contributed by atoms with E-state index < -0.39 is 11.7 Å². The normalized spacial score (nSPS) is 13.9. The summed E-state index contributed by atoms with van der Waals surface area (Å²) in [6.45, 7) is 4.22. The molecule has 2 N–H and O–H groups in total. The third-order valence-corrected chi connectivity index (χ3v) is 2.87. The van der Waals surface area contributed by atoms with Crippen molar-refractivity contribution in [3.63, 3.8) is 0 Å². The first-order chi connectivity index (χ1) is 8.29. The second-order valence-electron chi connectivity index (χ2n) is 5.13. The van der Waals surface area contributed by atoms with Gasteiger partial charge in [-0.15, -0.1) is 0 Å². The van der Waals surface area contributed by atoms with E-state index in [0.717, 1.165) is 18.9 Å². The van der Waals surface area contributed by atoms with Gasteiger partial charge in [0.25, 0.3) is 0 Å². The van der Waals surface area contributed by atoms with E-state index in [4.69, 9.17) is 5.73 Å². The monoisotopic (exact) mass is 259 g/mol. The van der Waals surface area contributed by atoms with E-state index >= 15 is 0 Å². The van der Waals surface area contributed by atoms with Gasteiger partial charge in [-0.2, -0.15) is 13.2 Å². The number of hydrogen-bond acceptors (Lipinski definition) is 1. The molecule has 0 amide bonds. The van der Waals surface area contributed by atoms with Crippen LogP contribution in [-0.2, 0) is 12.6 Å². The van der Waals surface area contributed by atoms with Crippen LogP contribution >= 0.6 is 0 Å². The van der Waals surface area contributed by atoms with Gasteiger partial charge < -0.3 is 5.73 Å². The van der Waals surface area contributed by atoms with Crippen LogP contribution in [0.15, 0.2) is 24.3 Å². The van der Waals surface area contributed by atoms with E-state index in [9.17, 15) is 13.2 Å². The van der Waals surface area contributed by atoms with Crippen LogP contribution in [0, 0.1) is 5.92 Å². The highest BCUT2D eigenvalue weighted by Crippen LogP contribution is 2.29. The smallest absolute Gasteiger partial charge is 0.327 e. The fourth-order valence-corrected chi connectivity index (χ4v) is 1.83. The Kier molecular flexibility index (Phi) is 5.20. The Balaban J connectivity index is 2.62. The van der Waals surface area contributed by atoms with Gasteiger partial charge in [-0.1, -0.05) is 32.0 Å². The molecule has 0 saturated heterocycles. The summed E-state index contributed by atoms with van der Waals surface area (Å²) < 4.78 is 37.6. The Hall–Kier alpha value is -1.03. The standard InChI is InChI=1S/C14H20F3N/c1-10(2)6-7-13(18)9-11-4-3-5-12(8-11)14(15,16)17/h3-5,8,10,13H,6-7,9,18H2,1-2H3. The summed E-state index contributed by atoms with van der Waals surface area (Å²) >= 11 is 0. The molecule has 0 fully saturated rings. The van der Waals surface area contributed by atoms with Gasteiger partial charge in [0, 0.05) is 6.04 Å². The Morgan fingerprint density at radius 2 is 1.83 bits per heavy atom. The summed E-state index contributed by atoms with van der Waals surface area (Å²) in [6.07, 6.45) is -1.94. The lowest BCUT2D eigenvalue weighted by atomic mass is 9.97. The quantitative estimate of drug-likeness (QED) is 0.849. The fraction of sp³-hybridized carbons (Fsp3) is 0.571. The maximum Gasteiger partial charge on any atom is 0.416 e. The minimum atomic E-state index is -4.28. The third-order valence-electron chi connectivity index (χ3n) is 2.87. The highest BCUT2D eigenvalue weighted by molar-refractivity contribution is 5.26. The Morgan fingerprint density at radius 1 is 1.17 bits per heavy atom. The van der Waals surface area contributed by atoms with Crippen LogP contribution < -0.4 is 5.73 Å². The van der Waals surface area contributed by atoms with Gasteiger partial charge in [-0.3, -0.25) is 0 Å². The molecule has 1 atom stereocenters. The van der Waals surface area contributed by atoms with Gasteiger partial charge in [-0.05, 0) is 36.8 Å². The molecule has 1 aromatic carbocycles. The molecule has 1 unspecified atom stereocenters. The Morgan fingerprint density at radius 3 is 2.39 bits per heavy atom. The molecular formula is C14H20F3N. The summed E-state index contributed by atoms with van der Waals surface area (Å²) in [5, 5.41) is 0. The lowest BCUT2D eigenvalue weighted by molar-refractivity contribution is -0.137. The van der Waals surface area contributed by atoms with E-state index in [1.54, 1.807) is 6.07 Å². The SMILES string of the molecule is CC(C)CCC(N)Cc1cccc(C(F)(F)F)c1. The minimum absolute atomic E-state index is 0.0733. The first-order valence-corrected chi connectivity index (χ1v) is 6.20. The summed E-state index contributed by atoms with van der Waals surface area (Å²) in [6, 6.07) is 5.34.